The minimum atomic E-state index is -0.187. The third-order valence-electron chi connectivity index (χ3n) is 3.13. The van der Waals surface area contributed by atoms with E-state index in [0.29, 0.717) is 18.7 Å². The molecule has 0 saturated carbocycles. The van der Waals surface area contributed by atoms with E-state index in [1.165, 1.54) is 17.4 Å². The van der Waals surface area contributed by atoms with Crippen molar-refractivity contribution < 1.29 is 8.91 Å². The summed E-state index contributed by atoms with van der Waals surface area (Å²) < 4.78 is 18.9. The number of aryl methyl sites for hydroxylation is 1. The van der Waals surface area contributed by atoms with Crippen molar-refractivity contribution in [2.75, 3.05) is 0 Å². The molecule has 0 fully saturated rings. The van der Waals surface area contributed by atoms with Crippen molar-refractivity contribution in [3.63, 3.8) is 0 Å². The van der Waals surface area contributed by atoms with Crippen LogP contribution in [0.2, 0.25) is 0 Å². The second kappa shape index (κ2) is 6.20. The van der Waals surface area contributed by atoms with Crippen LogP contribution in [0.4, 0.5) is 4.39 Å². The molecule has 0 aliphatic rings. The molecule has 3 rings (SSSR count). The Morgan fingerprint density at radius 3 is 2.86 bits per heavy atom. The number of nitrogens with zero attached hydrogens (tertiary/aromatic N) is 1. The van der Waals surface area contributed by atoms with Crippen LogP contribution >= 0.6 is 11.3 Å². The second-order valence-corrected chi connectivity index (χ2v) is 5.77. The summed E-state index contributed by atoms with van der Waals surface area (Å²) in [6, 6.07) is 11.0. The molecule has 5 heteroatoms. The van der Waals surface area contributed by atoms with Crippen LogP contribution in [0.25, 0.3) is 10.4 Å². The van der Waals surface area contributed by atoms with E-state index in [2.05, 4.69) is 10.5 Å². The Morgan fingerprint density at radius 1 is 1.24 bits per heavy atom. The van der Waals surface area contributed by atoms with Crippen molar-refractivity contribution in [2.24, 2.45) is 0 Å². The topological polar surface area (TPSA) is 38.1 Å². The lowest BCUT2D eigenvalue weighted by Crippen LogP contribution is -2.13. The molecule has 1 N–H and O–H groups in total. The summed E-state index contributed by atoms with van der Waals surface area (Å²) in [4.78, 5) is 0.946. The predicted octanol–water partition coefficient (Wildman–Crippen LogP) is 4.14. The SMILES string of the molecule is Cc1cc(CNCc2ccc(F)c(-c3cccs3)c2)no1. The average molecular weight is 302 g/mol. The van der Waals surface area contributed by atoms with Crippen LogP contribution < -0.4 is 5.32 Å². The molecule has 0 aliphatic heterocycles. The number of halogens is 1. The molecule has 108 valence electrons. The molecule has 21 heavy (non-hydrogen) atoms. The monoisotopic (exact) mass is 302 g/mol. The standard InChI is InChI=1S/C16H15FN2OS/c1-11-7-13(19-20-11)10-18-9-12-4-5-15(17)14(8-12)16-3-2-6-21-16/h2-8,18H,9-10H2,1H3. The molecule has 3 aromatic rings. The van der Waals surface area contributed by atoms with Crippen LogP contribution in [0.15, 0.2) is 46.3 Å². The Morgan fingerprint density at radius 2 is 2.14 bits per heavy atom. The van der Waals surface area contributed by atoms with Crippen molar-refractivity contribution in [1.82, 2.24) is 10.5 Å². The third kappa shape index (κ3) is 3.37. The molecule has 1 aromatic carbocycles. The average Bonchev–Trinajstić information content (AvgIpc) is 3.12. The van der Waals surface area contributed by atoms with Crippen molar-refractivity contribution >= 4 is 11.3 Å². The molecule has 0 atom stereocenters. The van der Waals surface area contributed by atoms with Gasteiger partial charge in [-0.1, -0.05) is 17.3 Å². The zero-order valence-corrected chi connectivity index (χ0v) is 12.4. The fraction of sp³-hybridized carbons (Fsp3) is 0.188. The van der Waals surface area contributed by atoms with E-state index in [4.69, 9.17) is 4.52 Å². The molecule has 0 aliphatic carbocycles. The smallest absolute Gasteiger partial charge is 0.133 e. The van der Waals surface area contributed by atoms with E-state index in [0.717, 1.165) is 21.9 Å². The van der Waals surface area contributed by atoms with E-state index in [1.54, 1.807) is 6.07 Å². The largest absolute Gasteiger partial charge is 0.361 e. The maximum atomic E-state index is 13.9. The van der Waals surface area contributed by atoms with Gasteiger partial charge in [-0.05, 0) is 36.1 Å². The van der Waals surface area contributed by atoms with Crippen LogP contribution in [0.1, 0.15) is 17.0 Å². The third-order valence-corrected chi connectivity index (χ3v) is 4.03. The van der Waals surface area contributed by atoms with Gasteiger partial charge in [0, 0.05) is 29.6 Å². The van der Waals surface area contributed by atoms with Crippen molar-refractivity contribution in [2.45, 2.75) is 20.0 Å². The van der Waals surface area contributed by atoms with Gasteiger partial charge in [0.2, 0.25) is 0 Å². The molecule has 2 heterocycles. The van der Waals surface area contributed by atoms with Gasteiger partial charge < -0.3 is 9.84 Å². The Balaban J connectivity index is 1.67. The Hall–Kier alpha value is -1.98. The van der Waals surface area contributed by atoms with Gasteiger partial charge in [0.25, 0.3) is 0 Å². The maximum absolute atomic E-state index is 13.9. The maximum Gasteiger partial charge on any atom is 0.133 e. The van der Waals surface area contributed by atoms with E-state index >= 15 is 0 Å². The van der Waals surface area contributed by atoms with Gasteiger partial charge >= 0.3 is 0 Å². The van der Waals surface area contributed by atoms with Crippen LogP contribution in [-0.2, 0) is 13.1 Å². The highest BCUT2D eigenvalue weighted by Crippen LogP contribution is 2.28. The number of aromatic nitrogens is 1. The summed E-state index contributed by atoms with van der Waals surface area (Å²) in [7, 11) is 0. The predicted molar refractivity (Wildman–Crippen MR) is 81.5 cm³/mol. The molecular weight excluding hydrogens is 287 g/mol. The summed E-state index contributed by atoms with van der Waals surface area (Å²) in [6.45, 7) is 3.15. The van der Waals surface area contributed by atoms with Crippen LogP contribution in [-0.4, -0.2) is 5.16 Å². The van der Waals surface area contributed by atoms with Gasteiger partial charge in [-0.3, -0.25) is 0 Å². The van der Waals surface area contributed by atoms with E-state index in [9.17, 15) is 4.39 Å². The highest BCUT2D eigenvalue weighted by molar-refractivity contribution is 7.13. The molecule has 0 saturated heterocycles. The number of benzene rings is 1. The normalized spacial score (nSPS) is 11.0. The Kier molecular flexibility index (Phi) is 4.13. The van der Waals surface area contributed by atoms with E-state index < -0.39 is 0 Å². The van der Waals surface area contributed by atoms with Gasteiger partial charge in [0.15, 0.2) is 0 Å². The van der Waals surface area contributed by atoms with Gasteiger partial charge in [-0.15, -0.1) is 11.3 Å². The fourth-order valence-corrected chi connectivity index (χ4v) is 2.88. The molecule has 0 spiro atoms. The summed E-state index contributed by atoms with van der Waals surface area (Å²) in [5.74, 6) is 0.613. The summed E-state index contributed by atoms with van der Waals surface area (Å²) in [6.07, 6.45) is 0. The number of thiophene rings is 1. The molecule has 3 nitrogen and oxygen atoms in total. The summed E-state index contributed by atoms with van der Waals surface area (Å²) >= 11 is 1.54. The lowest BCUT2D eigenvalue weighted by Gasteiger charge is -2.06. The van der Waals surface area contributed by atoms with Crippen molar-refractivity contribution in [3.05, 3.63) is 64.6 Å². The zero-order chi connectivity index (χ0) is 14.7. The summed E-state index contributed by atoms with van der Waals surface area (Å²) in [5, 5.41) is 9.16. The molecule has 0 radical (unpaired) electrons. The molecule has 0 bridgehead atoms. The first kappa shape index (κ1) is 14.0. The quantitative estimate of drug-likeness (QED) is 0.769. The molecule has 0 unspecified atom stereocenters. The van der Waals surface area contributed by atoms with E-state index in [-0.39, 0.29) is 5.82 Å². The second-order valence-electron chi connectivity index (χ2n) is 4.82. The van der Waals surface area contributed by atoms with Crippen molar-refractivity contribution in [1.29, 1.82) is 0 Å². The lowest BCUT2D eigenvalue weighted by atomic mass is 10.1. The fourth-order valence-electron chi connectivity index (χ4n) is 2.14. The first-order valence-electron chi connectivity index (χ1n) is 6.67. The minimum Gasteiger partial charge on any atom is -0.361 e. The first-order valence-corrected chi connectivity index (χ1v) is 7.55. The van der Waals surface area contributed by atoms with Crippen molar-refractivity contribution in [3.8, 4) is 10.4 Å². The number of nitrogens with one attached hydrogen (secondary N) is 1. The molecular formula is C16H15FN2OS. The highest BCUT2D eigenvalue weighted by atomic mass is 32.1. The Bertz CT molecular complexity index is 722. The molecule has 0 amide bonds. The van der Waals surface area contributed by atoms with Crippen LogP contribution in [0.5, 0.6) is 0 Å². The van der Waals surface area contributed by atoms with Gasteiger partial charge in [-0.25, -0.2) is 4.39 Å². The molecule has 2 aromatic heterocycles. The van der Waals surface area contributed by atoms with Gasteiger partial charge in [-0.2, -0.15) is 0 Å². The number of hydrogen-bond donors (Lipinski definition) is 1. The highest BCUT2D eigenvalue weighted by Gasteiger charge is 2.07. The van der Waals surface area contributed by atoms with Crippen LogP contribution in [0, 0.1) is 12.7 Å². The number of hydrogen-bond acceptors (Lipinski definition) is 4. The van der Waals surface area contributed by atoms with Gasteiger partial charge in [0.05, 0.1) is 5.69 Å². The zero-order valence-electron chi connectivity index (χ0n) is 11.6. The first-order chi connectivity index (χ1) is 10.2. The van der Waals surface area contributed by atoms with Gasteiger partial charge in [0.1, 0.15) is 11.6 Å². The van der Waals surface area contributed by atoms with Crippen LogP contribution in [0.3, 0.4) is 0 Å². The Labute approximate surface area is 126 Å². The summed E-state index contributed by atoms with van der Waals surface area (Å²) in [5.41, 5.74) is 2.56. The number of rotatable bonds is 5. The minimum absolute atomic E-state index is 0.187. The van der Waals surface area contributed by atoms with E-state index in [1.807, 2.05) is 36.6 Å². The lowest BCUT2D eigenvalue weighted by molar-refractivity contribution is 0.388.